The van der Waals surface area contributed by atoms with Crippen LogP contribution in [0.25, 0.3) is 0 Å². The Morgan fingerprint density at radius 3 is 2.44 bits per heavy atom. The molecule has 0 amide bonds. The Hall–Kier alpha value is -0.880. The monoisotopic (exact) mass is 260 g/mol. The van der Waals surface area contributed by atoms with E-state index in [1.807, 2.05) is 0 Å². The number of aryl methyl sites for hydroxylation is 1. The molecule has 6 heteroatoms. The maximum Gasteiger partial charge on any atom is 0.325 e. The molecule has 0 aliphatic heterocycles. The average molecular weight is 260 g/mol. The van der Waals surface area contributed by atoms with Gasteiger partial charge in [0, 0.05) is 0 Å². The molecule has 1 aromatic heterocycles. The standard InChI is InChI=1S/C10H12O4S2/c1-7-3-6-15-8(7)16(13,14)10(9(11)12)4-2-5-10/h3,6H,2,4-5H2,1H3,(H,11,12). The fourth-order valence-electron chi connectivity index (χ4n) is 1.91. The number of carbonyl (C=O) groups is 1. The molecule has 4 nitrogen and oxygen atoms in total. The Bertz CT molecular complexity index is 523. The Labute approximate surface area is 97.8 Å². The van der Waals surface area contributed by atoms with Crippen LogP contribution in [-0.2, 0) is 14.6 Å². The smallest absolute Gasteiger partial charge is 0.325 e. The van der Waals surface area contributed by atoms with Crippen LogP contribution >= 0.6 is 11.3 Å². The second-order valence-corrected chi connectivity index (χ2v) is 7.42. The summed E-state index contributed by atoms with van der Waals surface area (Å²) in [6.07, 6.45) is 1.11. The van der Waals surface area contributed by atoms with Crippen molar-refractivity contribution >= 4 is 27.1 Å². The van der Waals surface area contributed by atoms with Crippen LogP contribution in [0.4, 0.5) is 0 Å². The van der Waals surface area contributed by atoms with Crippen LogP contribution in [0.5, 0.6) is 0 Å². The summed E-state index contributed by atoms with van der Waals surface area (Å²) in [5.74, 6) is -1.22. The van der Waals surface area contributed by atoms with E-state index in [9.17, 15) is 13.2 Å². The van der Waals surface area contributed by atoms with Crippen LogP contribution in [0.1, 0.15) is 24.8 Å². The summed E-state index contributed by atoms with van der Waals surface area (Å²) in [4.78, 5) is 11.2. The summed E-state index contributed by atoms with van der Waals surface area (Å²) in [6.45, 7) is 1.69. The highest BCUT2D eigenvalue weighted by molar-refractivity contribution is 7.95. The summed E-state index contributed by atoms with van der Waals surface area (Å²) in [5, 5.41) is 10.8. The molecule has 0 saturated heterocycles. The second kappa shape index (κ2) is 3.56. The molecule has 1 aromatic rings. The molecule has 0 atom stereocenters. The van der Waals surface area contributed by atoms with Gasteiger partial charge in [-0.3, -0.25) is 4.79 Å². The van der Waals surface area contributed by atoms with Gasteiger partial charge in [0.15, 0.2) is 4.75 Å². The molecule has 2 rings (SSSR count). The van der Waals surface area contributed by atoms with Crippen molar-refractivity contribution in [2.75, 3.05) is 0 Å². The zero-order valence-electron chi connectivity index (χ0n) is 8.76. The molecule has 0 unspecified atom stereocenters. The number of hydrogen-bond donors (Lipinski definition) is 1. The lowest BCUT2D eigenvalue weighted by Gasteiger charge is -2.36. The Balaban J connectivity index is 2.55. The molecule has 1 fully saturated rings. The number of rotatable bonds is 3. The lowest BCUT2D eigenvalue weighted by molar-refractivity contribution is -0.142. The van der Waals surface area contributed by atoms with Crippen molar-refractivity contribution in [1.82, 2.24) is 0 Å². The molecule has 88 valence electrons. The summed E-state index contributed by atoms with van der Waals surface area (Å²) in [7, 11) is -3.73. The maximum atomic E-state index is 12.3. The van der Waals surface area contributed by atoms with Gasteiger partial charge in [0.25, 0.3) is 0 Å². The van der Waals surface area contributed by atoms with Gasteiger partial charge in [0.2, 0.25) is 9.84 Å². The van der Waals surface area contributed by atoms with E-state index in [4.69, 9.17) is 5.11 Å². The van der Waals surface area contributed by atoms with Gasteiger partial charge in [0.1, 0.15) is 4.21 Å². The van der Waals surface area contributed by atoms with Crippen molar-refractivity contribution in [3.05, 3.63) is 17.0 Å². The zero-order chi connectivity index (χ0) is 12.0. The minimum atomic E-state index is -3.73. The third-order valence-electron chi connectivity index (χ3n) is 3.12. The molecule has 1 aliphatic carbocycles. The second-order valence-electron chi connectivity index (χ2n) is 4.05. The fourth-order valence-corrected chi connectivity index (χ4v) is 5.61. The largest absolute Gasteiger partial charge is 0.480 e. The summed E-state index contributed by atoms with van der Waals surface area (Å²) in [6, 6.07) is 1.70. The predicted molar refractivity (Wildman–Crippen MR) is 60.5 cm³/mol. The summed E-state index contributed by atoms with van der Waals surface area (Å²) >= 11 is 1.10. The van der Waals surface area contributed by atoms with E-state index in [1.54, 1.807) is 18.4 Å². The van der Waals surface area contributed by atoms with Crippen LogP contribution in [-0.4, -0.2) is 24.2 Å². The van der Waals surface area contributed by atoms with Gasteiger partial charge < -0.3 is 5.11 Å². The topological polar surface area (TPSA) is 71.4 Å². The molecule has 0 spiro atoms. The number of carboxylic acids is 1. The third kappa shape index (κ3) is 1.33. The van der Waals surface area contributed by atoms with E-state index in [0.29, 0.717) is 12.0 Å². The first-order chi connectivity index (χ1) is 7.42. The van der Waals surface area contributed by atoms with E-state index < -0.39 is 20.6 Å². The quantitative estimate of drug-likeness (QED) is 0.900. The van der Waals surface area contributed by atoms with Gasteiger partial charge in [-0.25, -0.2) is 8.42 Å². The van der Waals surface area contributed by atoms with E-state index in [-0.39, 0.29) is 17.1 Å². The number of carboxylic acid groups (broad SMARTS) is 1. The highest BCUT2D eigenvalue weighted by Crippen LogP contribution is 2.44. The number of hydrogen-bond acceptors (Lipinski definition) is 4. The molecular weight excluding hydrogens is 248 g/mol. The van der Waals surface area contributed by atoms with Crippen molar-refractivity contribution in [1.29, 1.82) is 0 Å². The molecule has 0 aromatic carbocycles. The normalized spacial score (nSPS) is 19.1. The molecule has 1 aliphatic rings. The Morgan fingerprint density at radius 2 is 2.12 bits per heavy atom. The van der Waals surface area contributed by atoms with Gasteiger partial charge in [-0.2, -0.15) is 0 Å². The Morgan fingerprint density at radius 1 is 1.50 bits per heavy atom. The number of aliphatic carboxylic acids is 1. The van der Waals surface area contributed by atoms with Gasteiger partial charge in [-0.15, -0.1) is 11.3 Å². The van der Waals surface area contributed by atoms with Gasteiger partial charge in [-0.05, 0) is 43.2 Å². The zero-order valence-corrected chi connectivity index (χ0v) is 10.4. The van der Waals surface area contributed by atoms with E-state index >= 15 is 0 Å². The van der Waals surface area contributed by atoms with Crippen molar-refractivity contribution in [3.63, 3.8) is 0 Å². The molecule has 1 N–H and O–H groups in total. The molecular formula is C10H12O4S2. The van der Waals surface area contributed by atoms with E-state index in [2.05, 4.69) is 0 Å². The lowest BCUT2D eigenvalue weighted by Crippen LogP contribution is -2.51. The highest BCUT2D eigenvalue weighted by atomic mass is 32.2. The molecule has 1 saturated carbocycles. The predicted octanol–water partition coefficient (Wildman–Crippen LogP) is 1.84. The van der Waals surface area contributed by atoms with Gasteiger partial charge in [-0.1, -0.05) is 0 Å². The molecule has 1 heterocycles. The highest BCUT2D eigenvalue weighted by Gasteiger charge is 2.56. The number of sulfone groups is 1. The minimum absolute atomic E-state index is 0.203. The third-order valence-corrected chi connectivity index (χ3v) is 7.30. The molecule has 0 bridgehead atoms. The maximum absolute atomic E-state index is 12.3. The van der Waals surface area contributed by atoms with Crippen molar-refractivity contribution in [2.24, 2.45) is 0 Å². The Kier molecular flexibility index (Phi) is 2.58. The number of thiophene rings is 1. The SMILES string of the molecule is Cc1ccsc1S(=O)(=O)C1(C(=O)O)CCC1. The van der Waals surface area contributed by atoms with Crippen LogP contribution in [0.3, 0.4) is 0 Å². The molecule has 16 heavy (non-hydrogen) atoms. The lowest BCUT2D eigenvalue weighted by atomic mass is 9.84. The first kappa shape index (κ1) is 11.6. The first-order valence-corrected chi connectivity index (χ1v) is 7.30. The van der Waals surface area contributed by atoms with Crippen molar-refractivity contribution in [2.45, 2.75) is 35.1 Å². The van der Waals surface area contributed by atoms with Gasteiger partial charge in [0.05, 0.1) is 0 Å². The minimum Gasteiger partial charge on any atom is -0.480 e. The molecule has 0 radical (unpaired) electrons. The summed E-state index contributed by atoms with van der Waals surface area (Å²) < 4.78 is 23.2. The van der Waals surface area contributed by atoms with Gasteiger partial charge >= 0.3 is 5.97 Å². The van der Waals surface area contributed by atoms with Crippen LogP contribution in [0.2, 0.25) is 0 Å². The average Bonchev–Trinajstić information content (AvgIpc) is 2.47. The fraction of sp³-hybridized carbons (Fsp3) is 0.500. The first-order valence-electron chi connectivity index (χ1n) is 4.94. The van der Waals surface area contributed by atoms with Crippen molar-refractivity contribution in [3.8, 4) is 0 Å². The van der Waals surface area contributed by atoms with E-state index in [1.165, 1.54) is 0 Å². The van der Waals surface area contributed by atoms with E-state index in [0.717, 1.165) is 11.3 Å². The van der Waals surface area contributed by atoms with Crippen LogP contribution in [0.15, 0.2) is 15.7 Å². The van der Waals surface area contributed by atoms with Crippen molar-refractivity contribution < 1.29 is 18.3 Å². The van der Waals surface area contributed by atoms with Crippen LogP contribution in [0, 0.1) is 6.92 Å². The van der Waals surface area contributed by atoms with Crippen LogP contribution < -0.4 is 0 Å². The summed E-state index contributed by atoms with van der Waals surface area (Å²) in [5.41, 5.74) is 0.637.